The summed E-state index contributed by atoms with van der Waals surface area (Å²) in [5, 5.41) is 8.50. The summed E-state index contributed by atoms with van der Waals surface area (Å²) in [5.74, 6) is 5.78. The maximum absolute atomic E-state index is 11.8. The van der Waals surface area contributed by atoms with Gasteiger partial charge in [0.25, 0.3) is 0 Å². The number of nitrogens with zero attached hydrogens (tertiary/aromatic N) is 1. The average molecular weight is 209 g/mol. The summed E-state index contributed by atoms with van der Waals surface area (Å²) in [6.45, 7) is -0.251. The highest BCUT2D eigenvalue weighted by molar-refractivity contribution is 5.36. The fourth-order valence-corrected chi connectivity index (χ4v) is 0.952. The third kappa shape index (κ3) is 4.43. The van der Waals surface area contributed by atoms with Crippen LogP contribution in [0.1, 0.15) is 12.0 Å². The number of aliphatic hydroxyl groups excluding tert-OH is 1. The second-order valence-electron chi connectivity index (χ2n) is 2.76. The number of rotatable bonds is 4. The van der Waals surface area contributed by atoms with E-state index in [0.717, 1.165) is 0 Å². The van der Waals surface area contributed by atoms with E-state index in [1.165, 1.54) is 0 Å². The van der Waals surface area contributed by atoms with Crippen LogP contribution in [0, 0.1) is 11.8 Å². The van der Waals surface area contributed by atoms with Gasteiger partial charge in [-0.05, 0) is 6.07 Å². The fourth-order valence-electron chi connectivity index (χ4n) is 0.952. The second-order valence-corrected chi connectivity index (χ2v) is 2.76. The van der Waals surface area contributed by atoms with Gasteiger partial charge in [0.1, 0.15) is 12.4 Å². The molecule has 15 heavy (non-hydrogen) atoms. The Morgan fingerprint density at radius 2 is 2.33 bits per heavy atom. The van der Waals surface area contributed by atoms with Crippen molar-refractivity contribution in [2.24, 2.45) is 0 Å². The van der Waals surface area contributed by atoms with Gasteiger partial charge in [0, 0.05) is 18.2 Å². The first-order valence-corrected chi connectivity index (χ1v) is 4.60. The SMILES string of the molecule is OCC#Cc1cncc(OCCCF)c1. The van der Waals surface area contributed by atoms with Crippen LogP contribution in [-0.4, -0.2) is 30.0 Å². The van der Waals surface area contributed by atoms with Gasteiger partial charge in [0.2, 0.25) is 0 Å². The second kappa shape index (κ2) is 6.80. The van der Waals surface area contributed by atoms with E-state index < -0.39 is 6.67 Å². The molecule has 0 aliphatic carbocycles. The van der Waals surface area contributed by atoms with Gasteiger partial charge in [-0.1, -0.05) is 11.8 Å². The first-order chi connectivity index (χ1) is 7.36. The van der Waals surface area contributed by atoms with E-state index in [2.05, 4.69) is 16.8 Å². The topological polar surface area (TPSA) is 42.4 Å². The van der Waals surface area contributed by atoms with Crippen LogP contribution in [0.3, 0.4) is 0 Å². The summed E-state index contributed by atoms with van der Waals surface area (Å²) in [6, 6.07) is 1.70. The van der Waals surface area contributed by atoms with Crippen LogP contribution < -0.4 is 4.74 Å². The molecular weight excluding hydrogens is 197 g/mol. The summed E-state index contributed by atoms with van der Waals surface area (Å²) < 4.78 is 17.0. The molecule has 1 aromatic heterocycles. The van der Waals surface area contributed by atoms with Gasteiger partial charge < -0.3 is 9.84 Å². The lowest BCUT2D eigenvalue weighted by atomic mass is 10.3. The number of hydrogen-bond acceptors (Lipinski definition) is 3. The first-order valence-electron chi connectivity index (χ1n) is 4.60. The maximum atomic E-state index is 11.8. The molecule has 1 heterocycles. The number of aromatic nitrogens is 1. The van der Waals surface area contributed by atoms with Crippen molar-refractivity contribution in [1.82, 2.24) is 4.98 Å². The minimum Gasteiger partial charge on any atom is -0.492 e. The van der Waals surface area contributed by atoms with Crippen LogP contribution in [0.15, 0.2) is 18.5 Å². The molecule has 0 spiro atoms. The molecule has 0 aliphatic heterocycles. The smallest absolute Gasteiger partial charge is 0.138 e. The summed E-state index contributed by atoms with van der Waals surface area (Å²) in [7, 11) is 0. The zero-order valence-corrected chi connectivity index (χ0v) is 8.24. The Morgan fingerprint density at radius 1 is 1.47 bits per heavy atom. The monoisotopic (exact) mass is 209 g/mol. The molecule has 0 amide bonds. The van der Waals surface area contributed by atoms with Crippen LogP contribution >= 0.6 is 0 Å². The Hall–Kier alpha value is -1.60. The highest BCUT2D eigenvalue weighted by Crippen LogP contribution is 2.10. The Bertz CT molecular complexity index is 357. The molecule has 1 rings (SSSR count). The van der Waals surface area contributed by atoms with Crippen LogP contribution in [-0.2, 0) is 0 Å². The minimum atomic E-state index is -0.391. The molecule has 0 atom stereocenters. The van der Waals surface area contributed by atoms with Gasteiger partial charge in [-0.2, -0.15) is 0 Å². The van der Waals surface area contributed by atoms with Gasteiger partial charge in [-0.25, -0.2) is 0 Å². The molecule has 1 aromatic rings. The van der Waals surface area contributed by atoms with E-state index in [1.807, 2.05) is 0 Å². The van der Waals surface area contributed by atoms with Gasteiger partial charge >= 0.3 is 0 Å². The Balaban J connectivity index is 2.57. The van der Waals surface area contributed by atoms with Gasteiger partial charge in [-0.3, -0.25) is 9.37 Å². The third-order valence-corrected chi connectivity index (χ3v) is 1.57. The van der Waals surface area contributed by atoms with Gasteiger partial charge in [0.15, 0.2) is 0 Å². The zero-order valence-electron chi connectivity index (χ0n) is 8.24. The van der Waals surface area contributed by atoms with E-state index in [1.54, 1.807) is 18.5 Å². The molecule has 0 aliphatic rings. The van der Waals surface area contributed by atoms with E-state index in [9.17, 15) is 4.39 Å². The molecule has 0 aromatic carbocycles. The number of ether oxygens (including phenoxy) is 1. The Labute approximate surface area is 87.9 Å². The highest BCUT2D eigenvalue weighted by atomic mass is 19.1. The molecule has 0 unspecified atom stereocenters. The van der Waals surface area contributed by atoms with E-state index >= 15 is 0 Å². The molecule has 0 saturated carbocycles. The molecule has 3 nitrogen and oxygen atoms in total. The summed E-state index contributed by atoms with van der Waals surface area (Å²) in [4.78, 5) is 3.91. The van der Waals surface area contributed by atoms with Crippen LogP contribution in [0.5, 0.6) is 5.75 Å². The van der Waals surface area contributed by atoms with Crippen molar-refractivity contribution < 1.29 is 14.2 Å². The summed E-state index contributed by atoms with van der Waals surface area (Å²) in [6.07, 6.45) is 3.49. The lowest BCUT2D eigenvalue weighted by Crippen LogP contribution is -1.98. The quantitative estimate of drug-likeness (QED) is 0.597. The number of halogens is 1. The van der Waals surface area contributed by atoms with Crippen molar-refractivity contribution in [2.75, 3.05) is 19.9 Å². The molecule has 0 saturated heterocycles. The van der Waals surface area contributed by atoms with Crippen LogP contribution in [0.2, 0.25) is 0 Å². The third-order valence-electron chi connectivity index (χ3n) is 1.57. The van der Waals surface area contributed by atoms with Gasteiger partial charge in [-0.15, -0.1) is 0 Å². The number of alkyl halides is 1. The molecular formula is C11H12FNO2. The van der Waals surface area contributed by atoms with Crippen LogP contribution in [0.4, 0.5) is 4.39 Å². The van der Waals surface area contributed by atoms with E-state index in [-0.39, 0.29) is 6.61 Å². The molecule has 0 fully saturated rings. The zero-order chi connectivity index (χ0) is 10.9. The number of hydrogen-bond donors (Lipinski definition) is 1. The maximum Gasteiger partial charge on any atom is 0.138 e. The van der Waals surface area contributed by atoms with Crippen molar-refractivity contribution in [1.29, 1.82) is 0 Å². The fraction of sp³-hybridized carbons (Fsp3) is 0.364. The standard InChI is InChI=1S/C11H12FNO2/c12-4-2-6-15-11-7-10(3-1-5-14)8-13-9-11/h7-9,14H,2,4-6H2. The van der Waals surface area contributed by atoms with E-state index in [0.29, 0.717) is 24.3 Å². The summed E-state index contributed by atoms with van der Waals surface area (Å²) >= 11 is 0. The van der Waals surface area contributed by atoms with E-state index in [4.69, 9.17) is 9.84 Å². The van der Waals surface area contributed by atoms with Crippen LogP contribution in [0.25, 0.3) is 0 Å². The molecule has 0 bridgehead atoms. The minimum absolute atomic E-state index is 0.188. The molecule has 80 valence electrons. The molecule has 1 N–H and O–H groups in total. The predicted octanol–water partition coefficient (Wildman–Crippen LogP) is 1.16. The average Bonchev–Trinajstić information content (AvgIpc) is 2.27. The lowest BCUT2D eigenvalue weighted by Gasteiger charge is -2.03. The number of pyridine rings is 1. The first kappa shape index (κ1) is 11.5. The molecule has 0 radical (unpaired) electrons. The Morgan fingerprint density at radius 3 is 3.07 bits per heavy atom. The normalized spacial score (nSPS) is 9.20. The number of aliphatic hydroxyl groups is 1. The van der Waals surface area contributed by atoms with Crippen molar-refractivity contribution in [3.8, 4) is 17.6 Å². The predicted molar refractivity (Wildman–Crippen MR) is 54.3 cm³/mol. The summed E-state index contributed by atoms with van der Waals surface area (Å²) in [5.41, 5.74) is 0.668. The lowest BCUT2D eigenvalue weighted by molar-refractivity contribution is 0.288. The van der Waals surface area contributed by atoms with Crippen molar-refractivity contribution >= 4 is 0 Å². The van der Waals surface area contributed by atoms with Crippen molar-refractivity contribution in [3.05, 3.63) is 24.0 Å². The Kier molecular flexibility index (Phi) is 5.20. The van der Waals surface area contributed by atoms with Gasteiger partial charge in [0.05, 0.1) is 19.5 Å². The molecule has 4 heteroatoms. The largest absolute Gasteiger partial charge is 0.492 e. The highest BCUT2D eigenvalue weighted by Gasteiger charge is 1.95. The van der Waals surface area contributed by atoms with Crippen molar-refractivity contribution in [3.63, 3.8) is 0 Å². The van der Waals surface area contributed by atoms with Crippen molar-refractivity contribution in [2.45, 2.75) is 6.42 Å².